The van der Waals surface area contributed by atoms with E-state index in [1.807, 2.05) is 13.8 Å². The molecule has 0 radical (unpaired) electrons. The summed E-state index contributed by atoms with van der Waals surface area (Å²) in [6.07, 6.45) is 0.835. The standard InChI is InChI=1S/C19H25N3O3/c1-12(2)15(18(25)21-9-8-19(3,10-20)11-21)22-16(23)13-6-4-5-7-14(13)17(22)24/h4-7,12,15H,8-11,20H2,1-3H3. The van der Waals surface area contributed by atoms with Crippen molar-refractivity contribution in [2.45, 2.75) is 33.2 Å². The summed E-state index contributed by atoms with van der Waals surface area (Å²) in [5.74, 6) is -1.09. The zero-order valence-electron chi connectivity index (χ0n) is 15.0. The summed E-state index contributed by atoms with van der Waals surface area (Å²) in [6.45, 7) is 7.48. The van der Waals surface area contributed by atoms with Gasteiger partial charge < -0.3 is 10.6 Å². The monoisotopic (exact) mass is 343 g/mol. The molecule has 0 aliphatic carbocycles. The van der Waals surface area contributed by atoms with Crippen molar-refractivity contribution in [1.29, 1.82) is 0 Å². The minimum absolute atomic E-state index is 0.0980. The first-order chi connectivity index (χ1) is 11.8. The predicted octanol–water partition coefficient (Wildman–Crippen LogP) is 1.50. The third kappa shape index (κ3) is 2.84. The molecule has 1 fully saturated rings. The Morgan fingerprint density at radius 2 is 1.76 bits per heavy atom. The molecule has 2 N–H and O–H groups in total. The lowest BCUT2D eigenvalue weighted by Gasteiger charge is -2.32. The van der Waals surface area contributed by atoms with Gasteiger partial charge in [-0.05, 0) is 36.4 Å². The minimum atomic E-state index is -0.785. The molecule has 6 nitrogen and oxygen atoms in total. The zero-order valence-corrected chi connectivity index (χ0v) is 15.0. The molecule has 3 rings (SSSR count). The van der Waals surface area contributed by atoms with Crippen LogP contribution in [0.15, 0.2) is 24.3 Å². The third-order valence-electron chi connectivity index (χ3n) is 5.35. The highest BCUT2D eigenvalue weighted by atomic mass is 16.2. The number of nitrogens with zero attached hydrogens (tertiary/aromatic N) is 2. The smallest absolute Gasteiger partial charge is 0.262 e. The molecular formula is C19H25N3O3. The summed E-state index contributed by atoms with van der Waals surface area (Å²) in [6, 6.07) is 5.95. The van der Waals surface area contributed by atoms with E-state index in [-0.39, 0.29) is 29.1 Å². The van der Waals surface area contributed by atoms with Crippen molar-refractivity contribution in [2.24, 2.45) is 17.1 Å². The molecule has 0 saturated carbocycles. The lowest BCUT2D eigenvalue weighted by Crippen LogP contribution is -2.53. The van der Waals surface area contributed by atoms with Crippen molar-refractivity contribution in [3.05, 3.63) is 35.4 Å². The van der Waals surface area contributed by atoms with E-state index in [4.69, 9.17) is 5.73 Å². The third-order valence-corrected chi connectivity index (χ3v) is 5.35. The molecule has 2 unspecified atom stereocenters. The van der Waals surface area contributed by atoms with Crippen LogP contribution in [0.3, 0.4) is 0 Å². The highest BCUT2D eigenvalue weighted by Gasteiger charge is 2.46. The van der Waals surface area contributed by atoms with Gasteiger partial charge in [-0.15, -0.1) is 0 Å². The number of imide groups is 1. The average molecular weight is 343 g/mol. The van der Waals surface area contributed by atoms with Crippen LogP contribution in [0, 0.1) is 11.3 Å². The molecule has 1 aromatic carbocycles. The number of amides is 3. The fourth-order valence-electron chi connectivity index (χ4n) is 3.72. The molecule has 2 heterocycles. The molecule has 6 heteroatoms. The molecule has 25 heavy (non-hydrogen) atoms. The second-order valence-corrected chi connectivity index (χ2v) is 7.74. The molecule has 0 bridgehead atoms. The molecule has 134 valence electrons. The van der Waals surface area contributed by atoms with Gasteiger partial charge >= 0.3 is 0 Å². The van der Waals surface area contributed by atoms with Crippen molar-refractivity contribution in [1.82, 2.24) is 9.80 Å². The van der Waals surface area contributed by atoms with Crippen LogP contribution < -0.4 is 5.73 Å². The molecule has 0 aromatic heterocycles. The minimum Gasteiger partial charge on any atom is -0.340 e. The van der Waals surface area contributed by atoms with Gasteiger partial charge in [0.05, 0.1) is 11.1 Å². The summed E-state index contributed by atoms with van der Waals surface area (Å²) in [7, 11) is 0. The number of benzene rings is 1. The molecule has 1 aromatic rings. The van der Waals surface area contributed by atoms with Gasteiger partial charge in [0.2, 0.25) is 5.91 Å². The normalized spacial score (nSPS) is 24.2. The number of rotatable bonds is 4. The van der Waals surface area contributed by atoms with E-state index in [1.165, 1.54) is 0 Å². The van der Waals surface area contributed by atoms with E-state index in [9.17, 15) is 14.4 Å². The maximum Gasteiger partial charge on any atom is 0.262 e. The van der Waals surface area contributed by atoms with Gasteiger partial charge in [0.25, 0.3) is 11.8 Å². The number of hydrogen-bond acceptors (Lipinski definition) is 4. The van der Waals surface area contributed by atoms with Gasteiger partial charge in [-0.1, -0.05) is 32.9 Å². The van der Waals surface area contributed by atoms with Crippen molar-refractivity contribution < 1.29 is 14.4 Å². The molecule has 0 spiro atoms. The summed E-state index contributed by atoms with van der Waals surface area (Å²) in [4.78, 5) is 41.6. The number of nitrogens with two attached hydrogens (primary N) is 1. The second-order valence-electron chi connectivity index (χ2n) is 7.74. The number of likely N-dealkylation sites (tertiary alicyclic amines) is 1. The molecule has 2 aliphatic rings. The highest BCUT2D eigenvalue weighted by molar-refractivity contribution is 6.22. The second kappa shape index (κ2) is 6.26. The van der Waals surface area contributed by atoms with E-state index >= 15 is 0 Å². The number of fused-ring (bicyclic) bond motifs is 1. The molecular weight excluding hydrogens is 318 g/mol. The van der Waals surface area contributed by atoms with Crippen LogP contribution >= 0.6 is 0 Å². The van der Waals surface area contributed by atoms with Crippen molar-refractivity contribution >= 4 is 17.7 Å². The Kier molecular flexibility index (Phi) is 4.41. The lowest BCUT2D eigenvalue weighted by molar-refractivity contribution is -0.136. The quantitative estimate of drug-likeness (QED) is 0.840. The van der Waals surface area contributed by atoms with E-state index in [2.05, 4.69) is 6.92 Å². The number of carbonyl (C=O) groups is 3. The van der Waals surface area contributed by atoms with Crippen molar-refractivity contribution in [3.8, 4) is 0 Å². The fraction of sp³-hybridized carbons (Fsp3) is 0.526. The predicted molar refractivity (Wildman–Crippen MR) is 93.9 cm³/mol. The van der Waals surface area contributed by atoms with Gasteiger partial charge in [0.1, 0.15) is 6.04 Å². The van der Waals surface area contributed by atoms with Crippen LogP contribution in [0.2, 0.25) is 0 Å². The van der Waals surface area contributed by atoms with Crippen LogP contribution in [-0.4, -0.2) is 53.2 Å². The lowest BCUT2D eigenvalue weighted by atomic mass is 9.90. The van der Waals surface area contributed by atoms with Crippen LogP contribution in [0.4, 0.5) is 0 Å². The molecule has 2 atom stereocenters. The van der Waals surface area contributed by atoms with Gasteiger partial charge in [0, 0.05) is 13.1 Å². The van der Waals surface area contributed by atoms with Crippen LogP contribution in [0.5, 0.6) is 0 Å². The molecule has 1 saturated heterocycles. The Bertz CT molecular complexity index is 695. The number of carbonyl (C=O) groups excluding carboxylic acids is 3. The van der Waals surface area contributed by atoms with Crippen LogP contribution in [0.1, 0.15) is 47.9 Å². The van der Waals surface area contributed by atoms with Crippen molar-refractivity contribution in [2.75, 3.05) is 19.6 Å². The Morgan fingerprint density at radius 1 is 1.20 bits per heavy atom. The largest absolute Gasteiger partial charge is 0.340 e. The molecule has 3 amide bonds. The highest BCUT2D eigenvalue weighted by Crippen LogP contribution is 2.32. The van der Waals surface area contributed by atoms with Crippen molar-refractivity contribution in [3.63, 3.8) is 0 Å². The van der Waals surface area contributed by atoms with Crippen LogP contribution in [-0.2, 0) is 4.79 Å². The maximum absolute atomic E-state index is 13.2. The summed E-state index contributed by atoms with van der Waals surface area (Å²) in [5, 5.41) is 0. The first-order valence-electron chi connectivity index (χ1n) is 8.75. The van der Waals surface area contributed by atoms with E-state index < -0.39 is 6.04 Å². The van der Waals surface area contributed by atoms with Gasteiger partial charge in [-0.25, -0.2) is 0 Å². The van der Waals surface area contributed by atoms with E-state index in [1.54, 1.807) is 29.2 Å². The Balaban J connectivity index is 1.89. The summed E-state index contributed by atoms with van der Waals surface area (Å²) < 4.78 is 0. The average Bonchev–Trinajstić information content (AvgIpc) is 3.10. The Hall–Kier alpha value is -2.21. The number of hydrogen-bond donors (Lipinski definition) is 1. The van der Waals surface area contributed by atoms with Crippen LogP contribution in [0.25, 0.3) is 0 Å². The fourth-order valence-corrected chi connectivity index (χ4v) is 3.72. The van der Waals surface area contributed by atoms with E-state index in [0.717, 1.165) is 11.3 Å². The molecule has 2 aliphatic heterocycles. The van der Waals surface area contributed by atoms with Gasteiger partial charge in [0.15, 0.2) is 0 Å². The Morgan fingerprint density at radius 3 is 2.20 bits per heavy atom. The topological polar surface area (TPSA) is 83.7 Å². The maximum atomic E-state index is 13.2. The SMILES string of the molecule is CC(C)C(C(=O)N1CCC(C)(CN)C1)N1C(=O)c2ccccc2C1=O. The zero-order chi connectivity index (χ0) is 18.4. The van der Waals surface area contributed by atoms with E-state index in [0.29, 0.717) is 30.8 Å². The summed E-state index contributed by atoms with van der Waals surface area (Å²) in [5.41, 5.74) is 6.48. The first-order valence-corrected chi connectivity index (χ1v) is 8.75. The van der Waals surface area contributed by atoms with Gasteiger partial charge in [-0.3, -0.25) is 19.3 Å². The van der Waals surface area contributed by atoms with Gasteiger partial charge in [-0.2, -0.15) is 0 Å². The summed E-state index contributed by atoms with van der Waals surface area (Å²) >= 11 is 0. The Labute approximate surface area is 148 Å². The first kappa shape index (κ1) is 17.6.